The molecule has 0 N–H and O–H groups in total. The Hall–Kier alpha value is -0.420. The van der Waals surface area contributed by atoms with E-state index in [1.807, 2.05) is 0 Å². The maximum absolute atomic E-state index is 12.5. The van der Waals surface area contributed by atoms with Crippen LogP contribution in [0.15, 0.2) is 12.2 Å². The minimum Gasteiger partial charge on any atom is -0.264 e. The van der Waals surface area contributed by atoms with Crippen molar-refractivity contribution < 1.29 is 17.0 Å². The second-order valence-corrected chi connectivity index (χ2v) is 3.63. The molecule has 0 spiro atoms. The van der Waals surface area contributed by atoms with Crippen molar-refractivity contribution in [2.75, 3.05) is 6.61 Å². The van der Waals surface area contributed by atoms with Gasteiger partial charge in [-0.1, -0.05) is 12.2 Å². The van der Waals surface area contributed by atoms with Gasteiger partial charge in [-0.3, -0.25) is 4.18 Å². The van der Waals surface area contributed by atoms with Gasteiger partial charge < -0.3 is 0 Å². The summed E-state index contributed by atoms with van der Waals surface area (Å²) in [6.07, 6.45) is 2.83. The lowest BCUT2D eigenvalue weighted by atomic mass is 10.4. The van der Waals surface area contributed by atoms with Crippen LogP contribution < -0.4 is 0 Å². The first-order chi connectivity index (χ1) is 4.63. The molecule has 0 saturated heterocycles. The predicted octanol–water partition coefficient (Wildman–Crippen LogP) is 0.588. The van der Waals surface area contributed by atoms with E-state index in [2.05, 4.69) is 4.18 Å². The maximum atomic E-state index is 12.5. The zero-order valence-electron chi connectivity index (χ0n) is 5.16. The van der Waals surface area contributed by atoms with Gasteiger partial charge in [-0.2, -0.15) is 8.42 Å². The largest absolute Gasteiger partial charge is 0.300 e. The molecule has 0 amide bonds. The third-order valence-electron chi connectivity index (χ3n) is 1.13. The number of alkyl halides is 1. The molecule has 5 heteroatoms. The molecule has 1 heterocycles. The first kappa shape index (κ1) is 7.68. The molecule has 0 aromatic heterocycles. The van der Waals surface area contributed by atoms with E-state index in [4.69, 9.17) is 0 Å². The first-order valence-electron chi connectivity index (χ1n) is 2.80. The van der Waals surface area contributed by atoms with Crippen LogP contribution in [0.2, 0.25) is 0 Å². The second kappa shape index (κ2) is 2.67. The van der Waals surface area contributed by atoms with Crippen molar-refractivity contribution in [2.45, 2.75) is 11.9 Å². The Kier molecular flexibility index (Phi) is 2.05. The summed E-state index contributed by atoms with van der Waals surface area (Å²) < 4.78 is 37.8. The van der Waals surface area contributed by atoms with Crippen molar-refractivity contribution in [3.05, 3.63) is 12.2 Å². The van der Waals surface area contributed by atoms with Gasteiger partial charge in [0.25, 0.3) is 0 Å². The smallest absolute Gasteiger partial charge is 0.264 e. The molecule has 0 fully saturated rings. The lowest BCUT2D eigenvalue weighted by molar-refractivity contribution is 0.319. The third-order valence-corrected chi connectivity index (χ3v) is 2.41. The van der Waals surface area contributed by atoms with Gasteiger partial charge in [0.2, 0.25) is 5.50 Å². The zero-order valence-corrected chi connectivity index (χ0v) is 5.97. The highest BCUT2D eigenvalue weighted by atomic mass is 32.2. The average molecular weight is 166 g/mol. The Morgan fingerprint density at radius 1 is 1.50 bits per heavy atom. The summed E-state index contributed by atoms with van der Waals surface area (Å²) in [4.78, 5) is 0. The molecule has 0 bridgehead atoms. The van der Waals surface area contributed by atoms with E-state index in [0.29, 0.717) is 0 Å². The summed E-state index contributed by atoms with van der Waals surface area (Å²) in [5.74, 6) is 0. The van der Waals surface area contributed by atoms with Crippen LogP contribution in [0.25, 0.3) is 0 Å². The molecule has 1 aliphatic rings. The van der Waals surface area contributed by atoms with Crippen LogP contribution >= 0.6 is 0 Å². The van der Waals surface area contributed by atoms with Crippen molar-refractivity contribution in [3.63, 3.8) is 0 Å². The highest BCUT2D eigenvalue weighted by molar-refractivity contribution is 7.87. The molecule has 0 aromatic carbocycles. The molecule has 0 aliphatic carbocycles. The van der Waals surface area contributed by atoms with Crippen LogP contribution in [-0.4, -0.2) is 20.5 Å². The molecule has 1 unspecified atom stereocenters. The standard InChI is InChI=1S/C5H7FO3S/c6-5-3-1-2-4-9-10(5,7)8/h1-2,5H,3-4H2. The second-order valence-electron chi connectivity index (χ2n) is 1.89. The molecule has 10 heavy (non-hydrogen) atoms. The SMILES string of the molecule is O=S1(=O)OCC=CCC1F. The van der Waals surface area contributed by atoms with E-state index >= 15 is 0 Å². The van der Waals surface area contributed by atoms with Crippen molar-refractivity contribution in [1.29, 1.82) is 0 Å². The van der Waals surface area contributed by atoms with Gasteiger partial charge in [-0.25, -0.2) is 4.39 Å². The van der Waals surface area contributed by atoms with E-state index in [1.165, 1.54) is 12.2 Å². The molecule has 1 rings (SSSR count). The van der Waals surface area contributed by atoms with Crippen LogP contribution in [0.1, 0.15) is 6.42 Å². The van der Waals surface area contributed by atoms with Gasteiger partial charge in [0.1, 0.15) is 0 Å². The number of halogens is 1. The Morgan fingerprint density at radius 3 is 2.90 bits per heavy atom. The van der Waals surface area contributed by atoms with E-state index in [1.54, 1.807) is 0 Å². The lowest BCUT2D eigenvalue weighted by Gasteiger charge is -2.02. The summed E-state index contributed by atoms with van der Waals surface area (Å²) in [6, 6.07) is 0. The maximum Gasteiger partial charge on any atom is 0.300 e. The van der Waals surface area contributed by atoms with Crippen LogP contribution in [0.4, 0.5) is 4.39 Å². The monoisotopic (exact) mass is 166 g/mol. The number of hydrogen-bond acceptors (Lipinski definition) is 3. The van der Waals surface area contributed by atoms with Crippen LogP contribution in [0, 0.1) is 0 Å². The molecule has 0 radical (unpaired) electrons. The summed E-state index contributed by atoms with van der Waals surface area (Å²) in [5, 5.41) is 0. The molecule has 0 saturated carbocycles. The quantitative estimate of drug-likeness (QED) is 0.390. The van der Waals surface area contributed by atoms with Gasteiger partial charge in [-0.05, 0) is 0 Å². The minimum atomic E-state index is -3.93. The number of hydrogen-bond donors (Lipinski definition) is 0. The van der Waals surface area contributed by atoms with Crippen molar-refractivity contribution >= 4 is 10.1 Å². The van der Waals surface area contributed by atoms with Gasteiger partial charge in [0, 0.05) is 6.42 Å². The number of allylic oxidation sites excluding steroid dienone is 1. The van der Waals surface area contributed by atoms with E-state index in [0.717, 1.165) is 0 Å². The Balaban J connectivity index is 2.80. The fourth-order valence-corrected chi connectivity index (χ4v) is 1.36. The fraction of sp³-hybridized carbons (Fsp3) is 0.600. The molecule has 58 valence electrons. The molecule has 3 nitrogen and oxygen atoms in total. The van der Waals surface area contributed by atoms with Gasteiger partial charge >= 0.3 is 10.1 Å². The Labute approximate surface area is 58.6 Å². The van der Waals surface area contributed by atoms with Crippen LogP contribution in [-0.2, 0) is 14.3 Å². The fourth-order valence-electron chi connectivity index (χ4n) is 0.597. The zero-order chi connectivity index (χ0) is 7.61. The average Bonchev–Trinajstić information content (AvgIpc) is 1.96. The number of rotatable bonds is 0. The molecular weight excluding hydrogens is 159 g/mol. The van der Waals surface area contributed by atoms with E-state index in [-0.39, 0.29) is 13.0 Å². The van der Waals surface area contributed by atoms with Crippen LogP contribution in [0.5, 0.6) is 0 Å². The van der Waals surface area contributed by atoms with E-state index < -0.39 is 15.6 Å². The summed E-state index contributed by atoms with van der Waals surface area (Å²) in [5.41, 5.74) is -1.90. The van der Waals surface area contributed by atoms with Gasteiger partial charge in [-0.15, -0.1) is 0 Å². The molecule has 1 aliphatic heterocycles. The Bertz CT molecular complexity index is 231. The molecule has 1 atom stereocenters. The summed E-state index contributed by atoms with van der Waals surface area (Å²) in [7, 11) is -3.93. The normalized spacial score (nSPS) is 31.5. The topological polar surface area (TPSA) is 43.4 Å². The highest BCUT2D eigenvalue weighted by Gasteiger charge is 2.25. The van der Waals surface area contributed by atoms with E-state index in [9.17, 15) is 12.8 Å². The Morgan fingerprint density at radius 2 is 2.20 bits per heavy atom. The summed E-state index contributed by atoms with van der Waals surface area (Å²) in [6.45, 7) is -0.0528. The van der Waals surface area contributed by atoms with Crippen molar-refractivity contribution in [2.24, 2.45) is 0 Å². The van der Waals surface area contributed by atoms with Gasteiger partial charge in [0.15, 0.2) is 0 Å². The van der Waals surface area contributed by atoms with Crippen molar-refractivity contribution in [3.8, 4) is 0 Å². The predicted molar refractivity (Wildman–Crippen MR) is 33.5 cm³/mol. The first-order valence-corrected chi connectivity index (χ1v) is 4.27. The third kappa shape index (κ3) is 1.54. The minimum absolute atomic E-state index is 0.0528. The highest BCUT2D eigenvalue weighted by Crippen LogP contribution is 2.13. The van der Waals surface area contributed by atoms with Crippen LogP contribution in [0.3, 0.4) is 0 Å². The molecule has 0 aromatic rings. The van der Waals surface area contributed by atoms with Crippen molar-refractivity contribution in [1.82, 2.24) is 0 Å². The lowest BCUT2D eigenvalue weighted by Crippen LogP contribution is -2.16. The summed E-state index contributed by atoms with van der Waals surface area (Å²) >= 11 is 0. The molecular formula is C5H7FO3S. The van der Waals surface area contributed by atoms with Gasteiger partial charge in [0.05, 0.1) is 6.61 Å².